The minimum atomic E-state index is -0.215. The molecule has 2 aromatic rings. The van der Waals surface area contributed by atoms with Crippen molar-refractivity contribution in [2.45, 2.75) is 32.1 Å². The van der Waals surface area contributed by atoms with Gasteiger partial charge in [0, 0.05) is 36.1 Å². The summed E-state index contributed by atoms with van der Waals surface area (Å²) in [4.78, 5) is 34.9. The van der Waals surface area contributed by atoms with Crippen LogP contribution in [0.25, 0.3) is 0 Å². The number of nitrogens with zero attached hydrogens (tertiary/aromatic N) is 3. The molecule has 1 fully saturated rings. The first-order chi connectivity index (χ1) is 12.2. The predicted molar refractivity (Wildman–Crippen MR) is 97.5 cm³/mol. The number of pyridine rings is 1. The maximum absolute atomic E-state index is 12.9. The largest absolute Gasteiger partial charge is 0.329 e. The molecule has 0 radical (unpaired) electrons. The highest BCUT2D eigenvalue weighted by Crippen LogP contribution is 2.25. The monoisotopic (exact) mass is 358 g/mol. The Balaban J connectivity index is 1.68. The number of hydrogen-bond donors (Lipinski definition) is 1. The molecule has 7 heteroatoms. The fourth-order valence-electron chi connectivity index (χ4n) is 3.20. The van der Waals surface area contributed by atoms with Crippen LogP contribution in [0.1, 0.15) is 42.5 Å². The number of carbonyl (C=O) groups excluding carboxylic acids is 2. The molecule has 0 aliphatic heterocycles. The normalized spacial score (nSPS) is 14.9. The highest BCUT2D eigenvalue weighted by atomic mass is 32.1. The first kappa shape index (κ1) is 17.5. The Morgan fingerprint density at radius 3 is 2.60 bits per heavy atom. The number of nitrogens with one attached hydrogen (secondary N) is 1. The van der Waals surface area contributed by atoms with Crippen molar-refractivity contribution in [3.63, 3.8) is 0 Å². The summed E-state index contributed by atoms with van der Waals surface area (Å²) in [5, 5.41) is 5.12. The zero-order valence-electron chi connectivity index (χ0n) is 14.1. The summed E-state index contributed by atoms with van der Waals surface area (Å²) < 4.78 is 0. The van der Waals surface area contributed by atoms with Crippen LogP contribution in [-0.4, -0.2) is 39.8 Å². The molecule has 6 nitrogen and oxygen atoms in total. The molecule has 25 heavy (non-hydrogen) atoms. The van der Waals surface area contributed by atoms with Gasteiger partial charge in [0.2, 0.25) is 5.91 Å². The fraction of sp³-hybridized carbons (Fsp3) is 0.444. The fourth-order valence-corrected chi connectivity index (χ4v) is 3.74. The Labute approximate surface area is 151 Å². The summed E-state index contributed by atoms with van der Waals surface area (Å²) in [6.45, 7) is 0.656. The Kier molecular flexibility index (Phi) is 6.11. The van der Waals surface area contributed by atoms with E-state index in [1.807, 2.05) is 0 Å². The van der Waals surface area contributed by atoms with Gasteiger partial charge in [-0.15, -0.1) is 11.3 Å². The number of rotatable bonds is 6. The van der Waals surface area contributed by atoms with Crippen LogP contribution in [0.15, 0.2) is 36.1 Å². The molecule has 0 atom stereocenters. The van der Waals surface area contributed by atoms with E-state index in [9.17, 15) is 9.59 Å². The molecular weight excluding hydrogens is 336 g/mol. The van der Waals surface area contributed by atoms with Crippen molar-refractivity contribution in [3.05, 3.63) is 41.7 Å². The average Bonchev–Trinajstić information content (AvgIpc) is 3.15. The summed E-state index contributed by atoms with van der Waals surface area (Å²) in [7, 11) is 0. The lowest BCUT2D eigenvalue weighted by Crippen LogP contribution is -2.41. The number of anilines is 1. The SMILES string of the molecule is O=C(CN(CC1CCCCC1)C(=O)c1ccncc1)Nc1nccs1. The lowest BCUT2D eigenvalue weighted by atomic mass is 9.89. The Morgan fingerprint density at radius 1 is 1.16 bits per heavy atom. The Hall–Kier alpha value is -2.28. The average molecular weight is 358 g/mol. The third kappa shape index (κ3) is 5.09. The van der Waals surface area contributed by atoms with Gasteiger partial charge in [-0.2, -0.15) is 0 Å². The number of amides is 2. The van der Waals surface area contributed by atoms with Gasteiger partial charge in [0.1, 0.15) is 6.54 Å². The Bertz CT molecular complexity index is 684. The number of aromatic nitrogens is 2. The summed E-state index contributed by atoms with van der Waals surface area (Å²) in [5.74, 6) is 0.127. The molecule has 3 rings (SSSR count). The van der Waals surface area contributed by atoms with Crippen molar-refractivity contribution >= 4 is 28.3 Å². The molecule has 1 saturated carbocycles. The Morgan fingerprint density at radius 2 is 1.92 bits per heavy atom. The van der Waals surface area contributed by atoms with Gasteiger partial charge in [0.05, 0.1) is 0 Å². The van der Waals surface area contributed by atoms with Crippen molar-refractivity contribution in [1.29, 1.82) is 0 Å². The molecule has 1 aliphatic carbocycles. The van der Waals surface area contributed by atoms with Gasteiger partial charge in [-0.1, -0.05) is 19.3 Å². The van der Waals surface area contributed by atoms with E-state index in [1.165, 1.54) is 30.6 Å². The molecule has 2 aromatic heterocycles. The minimum Gasteiger partial charge on any atom is -0.329 e. The molecule has 2 heterocycles. The molecule has 0 unspecified atom stereocenters. The smallest absolute Gasteiger partial charge is 0.254 e. The molecular formula is C18H22N4O2S. The second kappa shape index (κ2) is 8.71. The molecule has 0 aromatic carbocycles. The summed E-state index contributed by atoms with van der Waals surface area (Å²) in [6, 6.07) is 3.38. The standard InChI is InChI=1S/C18H22N4O2S/c23-16(21-18-20-10-11-25-18)13-22(12-14-4-2-1-3-5-14)17(24)15-6-8-19-9-7-15/h6-11,14H,1-5,12-13H2,(H,20,21,23). The molecule has 1 aliphatic rings. The first-order valence-corrected chi connectivity index (χ1v) is 9.49. The van der Waals surface area contributed by atoms with Gasteiger partial charge in [-0.25, -0.2) is 4.98 Å². The topological polar surface area (TPSA) is 75.2 Å². The van der Waals surface area contributed by atoms with Crippen LogP contribution in [0.2, 0.25) is 0 Å². The van der Waals surface area contributed by atoms with Crippen molar-refractivity contribution in [1.82, 2.24) is 14.9 Å². The van der Waals surface area contributed by atoms with E-state index in [0.717, 1.165) is 12.8 Å². The second-order valence-corrected chi connectivity index (χ2v) is 7.21. The predicted octanol–water partition coefficient (Wildman–Crippen LogP) is 3.20. The van der Waals surface area contributed by atoms with Crippen LogP contribution >= 0.6 is 11.3 Å². The summed E-state index contributed by atoms with van der Waals surface area (Å²) in [6.07, 6.45) is 10.7. The van der Waals surface area contributed by atoms with E-state index < -0.39 is 0 Å². The lowest BCUT2D eigenvalue weighted by molar-refractivity contribution is -0.117. The van der Waals surface area contributed by atoms with Crippen LogP contribution in [0.4, 0.5) is 5.13 Å². The van der Waals surface area contributed by atoms with Crippen LogP contribution in [0.5, 0.6) is 0 Å². The van der Waals surface area contributed by atoms with Gasteiger partial charge < -0.3 is 10.2 Å². The van der Waals surface area contributed by atoms with E-state index in [1.54, 1.807) is 41.0 Å². The van der Waals surface area contributed by atoms with Crippen molar-refractivity contribution in [2.24, 2.45) is 5.92 Å². The van der Waals surface area contributed by atoms with Gasteiger partial charge in [-0.3, -0.25) is 14.6 Å². The lowest BCUT2D eigenvalue weighted by Gasteiger charge is -2.29. The van der Waals surface area contributed by atoms with Gasteiger partial charge in [-0.05, 0) is 30.9 Å². The minimum absolute atomic E-state index is 0.0389. The van der Waals surface area contributed by atoms with E-state index in [2.05, 4.69) is 15.3 Å². The van der Waals surface area contributed by atoms with E-state index >= 15 is 0 Å². The highest BCUT2D eigenvalue weighted by Gasteiger charge is 2.24. The van der Waals surface area contributed by atoms with Gasteiger partial charge in [0.15, 0.2) is 5.13 Å². The van der Waals surface area contributed by atoms with Crippen LogP contribution < -0.4 is 5.32 Å². The molecule has 2 amide bonds. The first-order valence-electron chi connectivity index (χ1n) is 8.61. The maximum atomic E-state index is 12.9. The molecule has 0 bridgehead atoms. The van der Waals surface area contributed by atoms with Crippen molar-refractivity contribution in [3.8, 4) is 0 Å². The second-order valence-electron chi connectivity index (χ2n) is 6.31. The van der Waals surface area contributed by atoms with E-state index in [4.69, 9.17) is 0 Å². The third-order valence-electron chi connectivity index (χ3n) is 4.43. The molecule has 0 saturated heterocycles. The summed E-state index contributed by atoms with van der Waals surface area (Å²) >= 11 is 1.36. The number of carbonyl (C=O) groups is 2. The van der Waals surface area contributed by atoms with Crippen molar-refractivity contribution < 1.29 is 9.59 Å². The zero-order valence-corrected chi connectivity index (χ0v) is 14.9. The van der Waals surface area contributed by atoms with Crippen molar-refractivity contribution in [2.75, 3.05) is 18.4 Å². The zero-order chi connectivity index (χ0) is 17.5. The summed E-state index contributed by atoms with van der Waals surface area (Å²) in [5.41, 5.74) is 0.563. The maximum Gasteiger partial charge on any atom is 0.254 e. The van der Waals surface area contributed by atoms with Crippen LogP contribution in [0.3, 0.4) is 0 Å². The third-order valence-corrected chi connectivity index (χ3v) is 5.12. The molecule has 132 valence electrons. The number of thiazole rings is 1. The quantitative estimate of drug-likeness (QED) is 0.860. The van der Waals surface area contributed by atoms with Crippen LogP contribution in [-0.2, 0) is 4.79 Å². The molecule has 0 spiro atoms. The van der Waals surface area contributed by atoms with Gasteiger partial charge >= 0.3 is 0 Å². The van der Waals surface area contributed by atoms with E-state index in [-0.39, 0.29) is 18.4 Å². The molecule has 1 N–H and O–H groups in total. The van der Waals surface area contributed by atoms with E-state index in [0.29, 0.717) is 23.2 Å². The van der Waals surface area contributed by atoms with Crippen LogP contribution in [0, 0.1) is 5.92 Å². The highest BCUT2D eigenvalue weighted by molar-refractivity contribution is 7.13. The van der Waals surface area contributed by atoms with Gasteiger partial charge in [0.25, 0.3) is 5.91 Å². The number of hydrogen-bond acceptors (Lipinski definition) is 5.